The fourth-order valence-corrected chi connectivity index (χ4v) is 4.01. The van der Waals surface area contributed by atoms with Gasteiger partial charge in [0.1, 0.15) is 6.04 Å². The molecule has 1 aromatic carbocycles. The second-order valence-electron chi connectivity index (χ2n) is 7.45. The lowest BCUT2D eigenvalue weighted by atomic mass is 9.84. The van der Waals surface area contributed by atoms with E-state index in [4.69, 9.17) is 16.7 Å². The number of amides is 4. The second-order valence-corrected chi connectivity index (χ2v) is 8.48. The summed E-state index contributed by atoms with van der Waals surface area (Å²) in [5.74, 6) is -4.14. The number of nitrogens with two attached hydrogens (primary N) is 2. The zero-order valence-electron chi connectivity index (χ0n) is 17.2. The largest absolute Gasteiger partial charge is 0.369 e. The number of carbonyl (C=O) groups excluding carboxylic acids is 4. The average molecular weight is 439 g/mol. The van der Waals surface area contributed by atoms with E-state index < -0.39 is 41.5 Å². The highest BCUT2D eigenvalue weighted by Gasteiger charge is 2.35. The Morgan fingerprint density at radius 1 is 1.03 bits per heavy atom. The van der Waals surface area contributed by atoms with Gasteiger partial charge in [-0.05, 0) is 17.9 Å². The number of rotatable bonds is 13. The Hall–Kier alpha value is -2.59. The predicted octanol–water partition coefficient (Wildman–Crippen LogP) is 0.202. The monoisotopic (exact) mass is 438 g/mol. The maximum atomic E-state index is 13.1. The number of hydrogen-bond acceptors (Lipinski definition) is 6. The Bertz CT molecular complexity index is 729. The van der Waals surface area contributed by atoms with E-state index in [1.807, 2.05) is 44.2 Å². The number of hydrogen-bond donors (Lipinski definition) is 5. The number of nitrogens with one attached hydrogen (secondary N) is 2. The van der Waals surface area contributed by atoms with Gasteiger partial charge in [-0.3, -0.25) is 24.4 Å². The number of primary amides is 2. The van der Waals surface area contributed by atoms with Gasteiger partial charge in [0.15, 0.2) is 0 Å². The van der Waals surface area contributed by atoms with Gasteiger partial charge in [-0.15, -0.1) is 0 Å². The predicted molar refractivity (Wildman–Crippen MR) is 114 cm³/mol. The van der Waals surface area contributed by atoms with Gasteiger partial charge in [0, 0.05) is 12.2 Å². The molecule has 0 aliphatic carbocycles. The van der Waals surface area contributed by atoms with E-state index in [2.05, 4.69) is 5.32 Å². The van der Waals surface area contributed by atoms with E-state index in [0.29, 0.717) is 6.42 Å². The first-order valence-electron chi connectivity index (χ1n) is 9.59. The Morgan fingerprint density at radius 3 is 2.17 bits per heavy atom. The third-order valence-electron chi connectivity index (χ3n) is 4.48. The molecule has 3 atom stereocenters. The van der Waals surface area contributed by atoms with Crippen LogP contribution in [0, 0.1) is 17.8 Å². The van der Waals surface area contributed by atoms with Crippen LogP contribution in [0.5, 0.6) is 0 Å². The minimum Gasteiger partial charge on any atom is -0.369 e. The quantitative estimate of drug-likeness (QED) is 0.218. The standard InChI is InChI=1S/C20H30N4O5S/c1-12(2)8-14(15(20(28)24-29)10-30-11-17(21)25)19(27)23-16(18(22)26)9-13-6-4-3-5-7-13/h3-7,12,14-16,29H,8-11H2,1-2H3,(H2,21,25)(H2,22,26)(H,23,27)(H,24,28)/t14-,15+,16+/m1/s1. The van der Waals surface area contributed by atoms with Gasteiger partial charge in [-0.25, -0.2) is 5.48 Å². The summed E-state index contributed by atoms with van der Waals surface area (Å²) in [6.07, 6.45) is 0.543. The number of thioether (sulfide) groups is 1. The van der Waals surface area contributed by atoms with Crippen LogP contribution in [0.15, 0.2) is 30.3 Å². The third kappa shape index (κ3) is 8.83. The Balaban J connectivity index is 3.03. The van der Waals surface area contributed by atoms with Crippen molar-refractivity contribution in [2.75, 3.05) is 11.5 Å². The first kappa shape index (κ1) is 25.4. The molecule has 0 spiro atoms. The molecule has 1 rings (SSSR count). The smallest absolute Gasteiger partial charge is 0.248 e. The van der Waals surface area contributed by atoms with Crippen molar-refractivity contribution in [2.24, 2.45) is 29.2 Å². The molecule has 0 heterocycles. The van der Waals surface area contributed by atoms with Gasteiger partial charge in [-0.2, -0.15) is 11.8 Å². The summed E-state index contributed by atoms with van der Waals surface area (Å²) >= 11 is 1.10. The maximum absolute atomic E-state index is 13.1. The molecule has 0 aliphatic rings. The summed E-state index contributed by atoms with van der Waals surface area (Å²) in [7, 11) is 0. The molecule has 0 saturated heterocycles. The summed E-state index contributed by atoms with van der Waals surface area (Å²) < 4.78 is 0. The highest BCUT2D eigenvalue weighted by atomic mass is 32.2. The Morgan fingerprint density at radius 2 is 1.67 bits per heavy atom. The van der Waals surface area contributed by atoms with Gasteiger partial charge in [0.05, 0.1) is 17.6 Å². The SMILES string of the molecule is CC(C)C[C@@H](C(=O)N[C@@H](Cc1ccccc1)C(N)=O)[C@H](CSCC(N)=O)C(=O)NO. The molecule has 0 saturated carbocycles. The summed E-state index contributed by atoms with van der Waals surface area (Å²) in [5.41, 5.74) is 13.0. The van der Waals surface area contributed by atoms with Gasteiger partial charge >= 0.3 is 0 Å². The van der Waals surface area contributed by atoms with E-state index >= 15 is 0 Å². The number of benzene rings is 1. The Kier molecular flexibility index (Phi) is 10.9. The summed E-state index contributed by atoms with van der Waals surface area (Å²) in [6, 6.07) is 8.14. The van der Waals surface area contributed by atoms with Gasteiger partial charge in [0.2, 0.25) is 23.6 Å². The molecule has 0 aromatic heterocycles. The molecule has 0 radical (unpaired) electrons. The highest BCUT2D eigenvalue weighted by Crippen LogP contribution is 2.25. The molecule has 0 aliphatic heterocycles. The zero-order valence-corrected chi connectivity index (χ0v) is 18.0. The van der Waals surface area contributed by atoms with Crippen LogP contribution >= 0.6 is 11.8 Å². The van der Waals surface area contributed by atoms with E-state index in [1.165, 1.54) is 0 Å². The third-order valence-corrected chi connectivity index (χ3v) is 5.56. The van der Waals surface area contributed by atoms with E-state index in [-0.39, 0.29) is 23.8 Å². The van der Waals surface area contributed by atoms with Crippen molar-refractivity contribution >= 4 is 35.4 Å². The number of carbonyl (C=O) groups is 4. The normalized spacial score (nSPS) is 13.9. The first-order valence-corrected chi connectivity index (χ1v) is 10.7. The lowest BCUT2D eigenvalue weighted by Crippen LogP contribution is -2.51. The molecule has 0 bridgehead atoms. The summed E-state index contributed by atoms with van der Waals surface area (Å²) in [6.45, 7) is 3.78. The Labute approximate surface area is 180 Å². The van der Waals surface area contributed by atoms with Gasteiger partial charge < -0.3 is 16.8 Å². The molecular formula is C20H30N4O5S. The van der Waals surface area contributed by atoms with Crippen LogP contribution in [0.2, 0.25) is 0 Å². The molecule has 0 unspecified atom stereocenters. The molecule has 30 heavy (non-hydrogen) atoms. The van der Waals surface area contributed by atoms with Crippen molar-refractivity contribution in [3.05, 3.63) is 35.9 Å². The lowest BCUT2D eigenvalue weighted by molar-refractivity contribution is -0.140. The van der Waals surface area contributed by atoms with Crippen LogP contribution in [0.1, 0.15) is 25.8 Å². The highest BCUT2D eigenvalue weighted by molar-refractivity contribution is 7.99. The van der Waals surface area contributed by atoms with E-state index in [0.717, 1.165) is 17.3 Å². The minimum absolute atomic E-state index is 0.0247. The van der Waals surface area contributed by atoms with Crippen molar-refractivity contribution in [1.29, 1.82) is 0 Å². The van der Waals surface area contributed by atoms with Gasteiger partial charge in [-0.1, -0.05) is 44.2 Å². The zero-order chi connectivity index (χ0) is 22.7. The van der Waals surface area contributed by atoms with Crippen LogP contribution in [0.25, 0.3) is 0 Å². The molecule has 4 amide bonds. The molecule has 7 N–H and O–H groups in total. The van der Waals surface area contributed by atoms with Crippen LogP contribution < -0.4 is 22.3 Å². The van der Waals surface area contributed by atoms with Crippen molar-refractivity contribution in [3.8, 4) is 0 Å². The van der Waals surface area contributed by atoms with Gasteiger partial charge in [0.25, 0.3) is 0 Å². The maximum Gasteiger partial charge on any atom is 0.248 e. The van der Waals surface area contributed by atoms with Crippen LogP contribution in [-0.2, 0) is 25.6 Å². The van der Waals surface area contributed by atoms with Crippen molar-refractivity contribution < 1.29 is 24.4 Å². The second kappa shape index (κ2) is 12.9. The fraction of sp³-hybridized carbons (Fsp3) is 0.500. The fourth-order valence-electron chi connectivity index (χ4n) is 3.06. The van der Waals surface area contributed by atoms with Crippen LogP contribution in [-0.4, -0.2) is 46.4 Å². The average Bonchev–Trinajstić information content (AvgIpc) is 2.69. The van der Waals surface area contributed by atoms with Crippen molar-refractivity contribution in [3.63, 3.8) is 0 Å². The van der Waals surface area contributed by atoms with E-state index in [1.54, 1.807) is 5.48 Å². The molecule has 9 nitrogen and oxygen atoms in total. The number of hydroxylamine groups is 1. The minimum atomic E-state index is -0.953. The first-order chi connectivity index (χ1) is 14.1. The molecule has 1 aromatic rings. The van der Waals surface area contributed by atoms with Crippen LogP contribution in [0.4, 0.5) is 0 Å². The lowest BCUT2D eigenvalue weighted by Gasteiger charge is -2.27. The topological polar surface area (TPSA) is 165 Å². The summed E-state index contributed by atoms with van der Waals surface area (Å²) in [5, 5.41) is 11.8. The molecule has 0 fully saturated rings. The molecular weight excluding hydrogens is 408 g/mol. The van der Waals surface area contributed by atoms with E-state index in [9.17, 15) is 19.2 Å². The molecule has 166 valence electrons. The summed E-state index contributed by atoms with van der Waals surface area (Å²) in [4.78, 5) is 48.3. The van der Waals surface area contributed by atoms with Crippen molar-refractivity contribution in [2.45, 2.75) is 32.7 Å². The van der Waals surface area contributed by atoms with Crippen LogP contribution in [0.3, 0.4) is 0 Å². The molecule has 10 heteroatoms. The van der Waals surface area contributed by atoms with Crippen molar-refractivity contribution in [1.82, 2.24) is 10.8 Å².